The summed E-state index contributed by atoms with van der Waals surface area (Å²) in [6.07, 6.45) is 8.05. The maximum absolute atomic E-state index is 14.1. The number of methoxy groups -OCH3 is 1. The topological polar surface area (TPSA) is 217 Å². The van der Waals surface area contributed by atoms with Gasteiger partial charge in [0.15, 0.2) is 5.75 Å². The molecule has 0 radical (unpaired) electrons. The third kappa shape index (κ3) is 13.7. The Morgan fingerprint density at radius 3 is 1.83 bits per heavy atom. The van der Waals surface area contributed by atoms with Crippen LogP contribution in [-0.4, -0.2) is 75.7 Å². The number of aromatic amines is 4. The number of nitrogens with one attached hydrogen (secondary N) is 5. The van der Waals surface area contributed by atoms with E-state index in [-0.39, 0.29) is 40.6 Å². The fourth-order valence-corrected chi connectivity index (χ4v) is 14.1. The number of ether oxygens (including phenoxy) is 1. The van der Waals surface area contributed by atoms with Crippen molar-refractivity contribution in [2.45, 2.75) is 89.9 Å². The first kappa shape index (κ1) is 66.4. The molecule has 0 unspecified atom stereocenters. The normalized spacial score (nSPS) is 14.8. The van der Waals surface area contributed by atoms with Crippen molar-refractivity contribution in [2.75, 3.05) is 12.4 Å². The third-order valence-electron chi connectivity index (χ3n) is 19.8. The van der Waals surface area contributed by atoms with Gasteiger partial charge in [-0.3, -0.25) is 29.3 Å². The van der Waals surface area contributed by atoms with E-state index in [4.69, 9.17) is 29.5 Å². The number of allylic oxidation sites excluding steroid dienone is 1. The molecule has 514 valence electrons. The lowest BCUT2D eigenvalue weighted by Gasteiger charge is -2.16. The molecule has 0 aliphatic carbocycles. The van der Waals surface area contributed by atoms with Crippen molar-refractivity contribution in [3.8, 4) is 51.7 Å². The van der Waals surface area contributed by atoms with Gasteiger partial charge in [0.2, 0.25) is 0 Å². The van der Waals surface area contributed by atoms with Gasteiger partial charge in [-0.2, -0.15) is 0 Å². The Bertz CT molecular complexity index is 5970. The van der Waals surface area contributed by atoms with Gasteiger partial charge in [-0.1, -0.05) is 138 Å². The number of aromatic nitrogens is 8. The molecule has 6 aromatic heterocycles. The van der Waals surface area contributed by atoms with E-state index in [0.29, 0.717) is 47.0 Å². The van der Waals surface area contributed by atoms with E-state index in [1.165, 1.54) is 0 Å². The Morgan fingerprint density at radius 2 is 1.13 bits per heavy atom. The van der Waals surface area contributed by atoms with Gasteiger partial charge in [-0.15, -0.1) is 5.06 Å². The molecule has 16 rings (SSSR count). The molecule has 16 bridgehead atoms. The number of imide groups is 1. The molecule has 5 aliphatic heterocycles. The molecule has 16 heteroatoms. The third-order valence-corrected chi connectivity index (χ3v) is 19.8. The van der Waals surface area contributed by atoms with Gasteiger partial charge < -0.3 is 34.8 Å². The highest BCUT2D eigenvalue weighted by Gasteiger charge is 2.35. The van der Waals surface area contributed by atoms with Crippen LogP contribution in [0.15, 0.2) is 200 Å². The maximum Gasteiger partial charge on any atom is 0.363 e. The molecular weight excluding hydrogens is 1310 g/mol. The molecule has 11 heterocycles. The van der Waals surface area contributed by atoms with E-state index in [1.54, 1.807) is 43.5 Å². The molecule has 16 nitrogen and oxygen atoms in total. The van der Waals surface area contributed by atoms with E-state index in [9.17, 15) is 19.2 Å². The zero-order valence-corrected chi connectivity index (χ0v) is 59.0. The minimum atomic E-state index is -0.826. The number of rotatable bonds is 9. The van der Waals surface area contributed by atoms with Crippen LogP contribution >= 0.6 is 0 Å². The Balaban J connectivity index is 0.704. The second-order valence-corrected chi connectivity index (χ2v) is 29.1. The number of anilines is 1. The van der Waals surface area contributed by atoms with E-state index >= 15 is 0 Å². The maximum atomic E-state index is 14.1. The zero-order chi connectivity index (χ0) is 72.3. The number of hydroxylamine groups is 2. The predicted octanol–water partition coefficient (Wildman–Crippen LogP) is 17.5. The summed E-state index contributed by atoms with van der Waals surface area (Å²) in [7, 11) is 1.71. The summed E-state index contributed by atoms with van der Waals surface area (Å²) in [6.45, 7) is 13.2. The second kappa shape index (κ2) is 26.6. The number of hydrogen-bond donors (Lipinski definition) is 5. The van der Waals surface area contributed by atoms with Crippen LogP contribution in [0.2, 0.25) is 0 Å². The molecule has 105 heavy (non-hydrogen) atoms. The Morgan fingerprint density at radius 1 is 0.524 bits per heavy atom. The van der Waals surface area contributed by atoms with Crippen LogP contribution in [0.1, 0.15) is 148 Å². The standard InChI is InChI=1S/C89H72N10O6/c1-87(2)51-70-45-74-71(49-75(97-74)82(57-26-28-59(29-27-57)86(103)105-99-80(100)38-39-81(99)101)72-37-36-65(91-72)43-64-34-35-66(90-64)46-77(87)94-70)56-30-32-63(33-31-56)96-85(102)58-22-18-54(19-23-58)21-25-61-41-67-47-79-89(5,6)52-76(98-79)84(104-7)83-62(40-60(55-16-12-9-13-17-55)24-20-53-14-10-8-11-15-53)42-68(95-83)48-78-88(3,4)50-69(93-78)44-73(61)92-67/h8-19,22-23,26-37,40-49,90,92,95,97H,38-39,50-52H2,1-7H3,(H,96,102)/b60-40+,64-43?,65-43?,66-46?,67-47?,68-48?,69-44?,70-45?,73-44?,74-45?,77-46?,78-48?,79-47?,82-72?,82-75?,84-76?,84-83?. The quantitative estimate of drug-likeness (QED) is 0.0680. The van der Waals surface area contributed by atoms with E-state index in [2.05, 4.69) is 157 Å². The minimum absolute atomic E-state index is 0.0117. The Kier molecular flexibility index (Phi) is 16.8. The lowest BCUT2D eigenvalue weighted by atomic mass is 9.87. The van der Waals surface area contributed by atoms with Crippen LogP contribution in [0, 0.1) is 23.7 Å². The molecular formula is C89H72N10O6. The van der Waals surface area contributed by atoms with Crippen LogP contribution in [0.4, 0.5) is 5.69 Å². The summed E-state index contributed by atoms with van der Waals surface area (Å²) in [6, 6.07) is 65.0. The lowest BCUT2D eigenvalue weighted by molar-refractivity contribution is -0.172. The van der Waals surface area contributed by atoms with Crippen LogP contribution in [0.5, 0.6) is 5.75 Å². The first-order valence-corrected chi connectivity index (χ1v) is 35.0. The average Bonchev–Trinajstić information content (AvgIpc) is 1.62. The first-order chi connectivity index (χ1) is 50.7. The van der Waals surface area contributed by atoms with Crippen molar-refractivity contribution >= 4 is 97.3 Å². The number of carbonyl (C=O) groups is 4. The van der Waals surface area contributed by atoms with Crippen molar-refractivity contribution in [1.29, 1.82) is 0 Å². The highest BCUT2D eigenvalue weighted by molar-refractivity contribution is 6.05. The molecule has 1 fully saturated rings. The highest BCUT2D eigenvalue weighted by Crippen LogP contribution is 2.41. The van der Waals surface area contributed by atoms with Crippen LogP contribution in [0.25, 0.3) is 90.2 Å². The smallest absolute Gasteiger partial charge is 0.363 e. The number of hydrogen-bond acceptors (Lipinski definition) is 10. The number of carbonyl (C=O) groups excluding carboxylic acids is 4. The number of benzene rings is 5. The zero-order valence-electron chi connectivity index (χ0n) is 59.0. The van der Waals surface area contributed by atoms with Gasteiger partial charge in [-0.05, 0) is 162 Å². The molecule has 5 aromatic carbocycles. The molecule has 5 aliphatic rings. The highest BCUT2D eigenvalue weighted by atomic mass is 16.7. The SMILES string of the molecule is COc1c2nc(cc3cc(C#Cc4ccc(C(=O)Nc5ccc(-c6cc7[nH]c6cc6nc(cc8ccc(cc9nc(c7-c7ccc(C(=O)ON%10C(=O)CCC%10=O)cc7)C=C9)[nH]8)C(C)(C)C6)cc5)cc4)c(cc4nc(cc5cc(/C=C(\C#Cc6ccccc6)c6ccccc6)c1[nH]5)C(C)(C)C4)[nH]3)C(C)(C)C2. The van der Waals surface area contributed by atoms with E-state index in [0.717, 1.165) is 140 Å². The number of H-pyrrole nitrogens is 4. The average molecular weight is 1380 g/mol. The van der Waals surface area contributed by atoms with Crippen molar-refractivity contribution in [1.82, 2.24) is 44.9 Å². The molecule has 3 amide bonds. The molecule has 11 aromatic rings. The van der Waals surface area contributed by atoms with E-state index in [1.807, 2.05) is 115 Å². The van der Waals surface area contributed by atoms with Gasteiger partial charge in [0.25, 0.3) is 17.7 Å². The summed E-state index contributed by atoms with van der Waals surface area (Å²) in [5.74, 6) is 12.2. The Labute approximate surface area is 606 Å². The number of nitrogens with zero attached hydrogens (tertiary/aromatic N) is 5. The number of fused-ring (bicyclic) bond motifs is 16. The van der Waals surface area contributed by atoms with Gasteiger partial charge in [0.05, 0.1) is 46.4 Å². The minimum Gasteiger partial charge on any atom is -0.493 e. The van der Waals surface area contributed by atoms with Crippen LogP contribution in [0.3, 0.4) is 0 Å². The Hall–Kier alpha value is -13.2. The van der Waals surface area contributed by atoms with Gasteiger partial charge >= 0.3 is 5.97 Å². The predicted molar refractivity (Wildman–Crippen MR) is 413 cm³/mol. The monoisotopic (exact) mass is 1380 g/mol. The van der Waals surface area contributed by atoms with Crippen LogP contribution in [-0.2, 0) is 49.9 Å². The molecule has 0 saturated carbocycles. The van der Waals surface area contributed by atoms with Gasteiger partial charge in [-0.25, -0.2) is 9.78 Å². The van der Waals surface area contributed by atoms with Gasteiger partial charge in [0, 0.05) is 155 Å². The van der Waals surface area contributed by atoms with Gasteiger partial charge in [0.1, 0.15) is 0 Å². The molecule has 5 N–H and O–H groups in total. The number of amides is 3. The van der Waals surface area contributed by atoms with Crippen molar-refractivity contribution in [3.63, 3.8) is 0 Å². The van der Waals surface area contributed by atoms with Crippen LogP contribution < -0.4 is 10.1 Å². The first-order valence-electron chi connectivity index (χ1n) is 35.0. The van der Waals surface area contributed by atoms with Crippen molar-refractivity contribution in [2.24, 2.45) is 0 Å². The largest absolute Gasteiger partial charge is 0.493 e. The summed E-state index contributed by atoms with van der Waals surface area (Å²) >= 11 is 0. The fourth-order valence-electron chi connectivity index (χ4n) is 14.1. The van der Waals surface area contributed by atoms with E-state index < -0.39 is 17.8 Å². The summed E-state index contributed by atoms with van der Waals surface area (Å²) in [5, 5.41) is 3.65. The molecule has 0 atom stereocenters. The molecule has 0 spiro atoms. The van der Waals surface area contributed by atoms with Crippen molar-refractivity contribution < 1.29 is 28.8 Å². The fraction of sp³-hybridized carbons (Fsp3) is 0.169. The lowest BCUT2D eigenvalue weighted by Crippen LogP contribution is -2.32. The molecule has 1 saturated heterocycles. The summed E-state index contributed by atoms with van der Waals surface area (Å²) in [5.41, 5.74) is 22.3. The summed E-state index contributed by atoms with van der Waals surface area (Å²) < 4.78 is 6.38. The second-order valence-electron chi connectivity index (χ2n) is 29.1. The summed E-state index contributed by atoms with van der Waals surface area (Å²) in [4.78, 5) is 93.0. The van der Waals surface area contributed by atoms with Crippen molar-refractivity contribution in [3.05, 3.63) is 285 Å².